The molecular weight excluding hydrogens is 375 g/mol. The fourth-order valence-corrected chi connectivity index (χ4v) is 0. The fraction of sp³-hybridized carbons (Fsp3) is 0. The molecule has 0 saturated heterocycles. The van der Waals surface area contributed by atoms with Crippen LogP contribution in [-0.4, -0.2) is 29.0 Å². The molecule has 0 aromatic rings. The van der Waals surface area contributed by atoms with Crippen molar-refractivity contribution in [3.63, 3.8) is 0 Å². The predicted octanol–water partition coefficient (Wildman–Crippen LogP) is 5.95. The van der Waals surface area contributed by atoms with Crippen molar-refractivity contribution in [3.8, 4) is 0 Å². The van der Waals surface area contributed by atoms with E-state index in [1.54, 1.807) is 0 Å². The Morgan fingerprint density at radius 2 is 0.227 bits per heavy atom. The van der Waals surface area contributed by atoms with Crippen LogP contribution < -0.4 is 12.3 Å². The Morgan fingerprint density at radius 3 is 0.227 bits per heavy atom. The van der Waals surface area contributed by atoms with Gasteiger partial charge in [0.2, 0.25) is 0 Å². The van der Waals surface area contributed by atoms with Crippen molar-refractivity contribution >= 4 is 29.0 Å². The first-order chi connectivity index (χ1) is 8.00. The average Bonchev–Trinajstić information content (AvgIpc) is 1.62. The molecule has 0 saturated carbocycles. The zero-order chi connectivity index (χ0) is 18.0. The first-order valence-electron chi connectivity index (χ1n) is 3.49. The van der Waals surface area contributed by atoms with Gasteiger partial charge in [-0.05, 0) is 0 Å². The maximum Gasteiger partial charge on any atom is 0.673 e. The third kappa shape index (κ3) is 7030. The summed E-state index contributed by atoms with van der Waals surface area (Å²) >= 11 is 0. The summed E-state index contributed by atoms with van der Waals surface area (Å²) < 4.78 is 156. The molecule has 144 valence electrons. The van der Waals surface area contributed by atoms with Crippen LogP contribution in [0.5, 0.6) is 0 Å². The third-order valence-electron chi connectivity index (χ3n) is 0. The van der Waals surface area contributed by atoms with E-state index < -0.39 is 29.0 Å². The molecule has 0 atom stereocenters. The van der Waals surface area contributed by atoms with Crippen LogP contribution in [0.2, 0.25) is 0 Å². The summed E-state index contributed by atoms with van der Waals surface area (Å²) in [5.74, 6) is 0. The van der Waals surface area contributed by atoms with E-state index in [1.165, 1.54) is 0 Å². The Morgan fingerprint density at radius 1 is 0.227 bits per heavy atom. The number of quaternary nitrogens is 2. The zero-order valence-electron chi connectivity index (χ0n) is 10.4. The van der Waals surface area contributed by atoms with Crippen molar-refractivity contribution < 1.29 is 69.1 Å². The van der Waals surface area contributed by atoms with Crippen LogP contribution in [0.1, 0.15) is 0 Å². The second kappa shape index (κ2) is 13.7. The molecule has 8 N–H and O–H groups in total. The summed E-state index contributed by atoms with van der Waals surface area (Å²) in [7, 11) is -24.0. The second-order valence-electron chi connectivity index (χ2n) is 1.98. The van der Waals surface area contributed by atoms with Crippen LogP contribution in [0.15, 0.2) is 0 Å². The highest BCUT2D eigenvalue weighted by Gasteiger charge is 2.21. The van der Waals surface area contributed by atoms with Crippen molar-refractivity contribution in [1.82, 2.24) is 12.3 Å². The van der Waals surface area contributed by atoms with Crippen LogP contribution >= 0.6 is 0 Å². The highest BCUT2D eigenvalue weighted by Crippen LogP contribution is 2.08. The lowest BCUT2D eigenvalue weighted by atomic mass is 10.3. The van der Waals surface area contributed by atoms with Crippen LogP contribution in [0.4, 0.5) is 69.1 Å². The highest BCUT2D eigenvalue weighted by atomic mass is 19.5. The van der Waals surface area contributed by atoms with E-state index in [0.29, 0.717) is 0 Å². The smallest absolute Gasteiger partial charge is 0.418 e. The lowest BCUT2D eigenvalue weighted by Gasteiger charge is -1.94. The quantitative estimate of drug-likeness (QED) is 0.383. The van der Waals surface area contributed by atoms with Crippen molar-refractivity contribution in [2.75, 3.05) is 0 Å². The molecule has 0 spiro atoms. The van der Waals surface area contributed by atoms with Crippen LogP contribution in [0.25, 0.3) is 0 Å². The Kier molecular flexibility index (Phi) is 23.3. The third-order valence-corrected chi connectivity index (χ3v) is 0. The summed E-state index contributed by atoms with van der Waals surface area (Å²) in [6.45, 7) is 0. The molecule has 22 heteroatoms. The SMILES string of the molecule is F[B-](F)(F)F.F[B-](F)(F)F.F[B-](F)(F)F.F[B-](F)(F)F.[NH4+].[NH4+]. The molecule has 0 heterocycles. The summed E-state index contributed by atoms with van der Waals surface area (Å²) in [5.41, 5.74) is 0. The van der Waals surface area contributed by atoms with Crippen LogP contribution in [0, 0.1) is 0 Å². The molecule has 0 unspecified atom stereocenters. The van der Waals surface area contributed by atoms with Crippen molar-refractivity contribution in [2.24, 2.45) is 0 Å². The van der Waals surface area contributed by atoms with Gasteiger partial charge in [-0.1, -0.05) is 0 Å². The maximum atomic E-state index is 9.75. The molecule has 0 bridgehead atoms. The predicted molar refractivity (Wildman–Crippen MR) is 52.7 cm³/mol. The maximum absolute atomic E-state index is 9.75. The second-order valence-corrected chi connectivity index (χ2v) is 1.98. The number of hydrogen-bond donors (Lipinski definition) is 2. The minimum absolute atomic E-state index is 0. The molecule has 0 amide bonds. The molecule has 0 radical (unpaired) electrons. The average molecular weight is 383 g/mol. The monoisotopic (exact) mass is 384 g/mol. The van der Waals surface area contributed by atoms with Gasteiger partial charge in [0.1, 0.15) is 0 Å². The molecule has 0 aliphatic rings. The molecule has 0 fully saturated rings. The van der Waals surface area contributed by atoms with Gasteiger partial charge < -0.3 is 81.4 Å². The number of hydrogen-bond acceptors (Lipinski definition) is 0. The summed E-state index contributed by atoms with van der Waals surface area (Å²) in [5, 5.41) is 0. The van der Waals surface area contributed by atoms with Gasteiger partial charge in [-0.3, -0.25) is 0 Å². The van der Waals surface area contributed by atoms with E-state index in [9.17, 15) is 69.1 Å². The Bertz CT molecular complexity index is 134. The number of rotatable bonds is 0. The summed E-state index contributed by atoms with van der Waals surface area (Å²) in [6.07, 6.45) is 0. The molecule has 0 aliphatic heterocycles. The van der Waals surface area contributed by atoms with Crippen molar-refractivity contribution in [3.05, 3.63) is 0 Å². The molecular formula is H8B4F16N2-2. The van der Waals surface area contributed by atoms with Gasteiger partial charge in [0.25, 0.3) is 0 Å². The Balaban J connectivity index is -0.0000000376. The largest absolute Gasteiger partial charge is 0.673 e. The van der Waals surface area contributed by atoms with Crippen LogP contribution in [0.3, 0.4) is 0 Å². The number of halogens is 16. The van der Waals surface area contributed by atoms with E-state index in [4.69, 9.17) is 0 Å². The minimum atomic E-state index is -6.00. The van der Waals surface area contributed by atoms with Crippen molar-refractivity contribution in [2.45, 2.75) is 0 Å². The Hall–Kier alpha value is -0.940. The highest BCUT2D eigenvalue weighted by molar-refractivity contribution is 6.50. The van der Waals surface area contributed by atoms with E-state index in [1.807, 2.05) is 0 Å². The molecule has 2 nitrogen and oxygen atoms in total. The van der Waals surface area contributed by atoms with Gasteiger partial charge in [-0.15, -0.1) is 0 Å². The molecule has 0 aromatic heterocycles. The molecule has 0 rings (SSSR count). The fourth-order valence-electron chi connectivity index (χ4n) is 0. The summed E-state index contributed by atoms with van der Waals surface area (Å²) in [6, 6.07) is 0. The van der Waals surface area contributed by atoms with Crippen molar-refractivity contribution in [1.29, 1.82) is 0 Å². The van der Waals surface area contributed by atoms with E-state index in [-0.39, 0.29) is 12.3 Å². The lowest BCUT2D eigenvalue weighted by molar-refractivity contribution is 0.366. The van der Waals surface area contributed by atoms with E-state index in [2.05, 4.69) is 0 Å². The standard InChI is InChI=1S/4BF4.2H3N/c4*2-1(3,4)5;;/h;;;;2*1H3/q4*-1;;/p+2. The van der Waals surface area contributed by atoms with Gasteiger partial charge in [0.15, 0.2) is 0 Å². The first-order valence-corrected chi connectivity index (χ1v) is 3.49. The zero-order valence-corrected chi connectivity index (χ0v) is 10.4. The van der Waals surface area contributed by atoms with Gasteiger partial charge in [-0.25, -0.2) is 0 Å². The van der Waals surface area contributed by atoms with E-state index in [0.717, 1.165) is 0 Å². The Labute approximate surface area is 112 Å². The lowest BCUT2D eigenvalue weighted by Crippen LogP contribution is -2.02. The van der Waals surface area contributed by atoms with E-state index >= 15 is 0 Å². The molecule has 0 aliphatic carbocycles. The van der Waals surface area contributed by atoms with Gasteiger partial charge in [-0.2, -0.15) is 0 Å². The molecule has 22 heavy (non-hydrogen) atoms. The normalized spacial score (nSPS) is 10.9. The minimum Gasteiger partial charge on any atom is -0.418 e. The van der Waals surface area contributed by atoms with Gasteiger partial charge >= 0.3 is 29.0 Å². The summed E-state index contributed by atoms with van der Waals surface area (Å²) in [4.78, 5) is 0. The topological polar surface area (TPSA) is 73.0 Å². The molecule has 0 aromatic carbocycles. The first kappa shape index (κ1) is 37.4. The van der Waals surface area contributed by atoms with Gasteiger partial charge in [0.05, 0.1) is 0 Å². The van der Waals surface area contributed by atoms with Crippen LogP contribution in [-0.2, 0) is 0 Å². The van der Waals surface area contributed by atoms with Gasteiger partial charge in [0, 0.05) is 0 Å².